The van der Waals surface area contributed by atoms with Crippen molar-refractivity contribution >= 4 is 11.2 Å². The molecule has 0 spiro atoms. The molecule has 0 fully saturated rings. The van der Waals surface area contributed by atoms with Gasteiger partial charge in [0.15, 0.2) is 5.65 Å². The Hall–Kier alpha value is -2.10. The molecule has 0 aliphatic heterocycles. The number of imidazole rings is 1. The number of rotatable bonds is 3. The van der Waals surface area contributed by atoms with Crippen molar-refractivity contribution in [2.75, 3.05) is 0 Å². The van der Waals surface area contributed by atoms with E-state index in [0.717, 1.165) is 22.7 Å². The van der Waals surface area contributed by atoms with Crippen molar-refractivity contribution in [1.29, 1.82) is 0 Å². The zero-order chi connectivity index (χ0) is 14.3. The normalized spacial score (nSPS) is 13.2. The van der Waals surface area contributed by atoms with Crippen LogP contribution in [0.1, 0.15) is 49.7 Å². The molecular formula is C16H20N4. The zero-order valence-corrected chi connectivity index (χ0v) is 12.4. The van der Waals surface area contributed by atoms with E-state index in [1.54, 1.807) is 0 Å². The third-order valence-corrected chi connectivity index (χ3v) is 3.78. The first kappa shape index (κ1) is 12.9. The van der Waals surface area contributed by atoms with Gasteiger partial charge in [0.05, 0.1) is 5.69 Å². The first-order valence-corrected chi connectivity index (χ1v) is 7.05. The molecule has 20 heavy (non-hydrogen) atoms. The van der Waals surface area contributed by atoms with Gasteiger partial charge in [-0.3, -0.25) is 0 Å². The molecule has 0 saturated carbocycles. The standard InChI is InChI=1S/C16H20N4/c1-10(2)13-14-16(20(4)19-13)18-15(17-14)11(3)12-8-6-5-7-9-12/h5-11H,1-4H3,(H,17,18)/t11-/m1/s1. The zero-order valence-electron chi connectivity index (χ0n) is 12.4. The molecule has 3 aromatic rings. The Bertz CT molecular complexity index is 722. The van der Waals surface area contributed by atoms with Crippen LogP contribution < -0.4 is 0 Å². The molecule has 0 bridgehead atoms. The van der Waals surface area contributed by atoms with Crippen LogP contribution in [0.5, 0.6) is 0 Å². The Kier molecular flexibility index (Phi) is 3.08. The van der Waals surface area contributed by atoms with E-state index in [0.29, 0.717) is 5.92 Å². The van der Waals surface area contributed by atoms with Crippen LogP contribution in [0.15, 0.2) is 30.3 Å². The van der Waals surface area contributed by atoms with E-state index in [1.807, 2.05) is 17.8 Å². The molecule has 3 rings (SSSR count). The second-order valence-electron chi connectivity index (χ2n) is 5.62. The lowest BCUT2D eigenvalue weighted by molar-refractivity contribution is 0.716. The van der Waals surface area contributed by atoms with Gasteiger partial charge in [0, 0.05) is 13.0 Å². The largest absolute Gasteiger partial charge is 0.339 e. The van der Waals surface area contributed by atoms with Gasteiger partial charge in [0.2, 0.25) is 0 Å². The highest BCUT2D eigenvalue weighted by molar-refractivity contribution is 5.75. The van der Waals surface area contributed by atoms with Crippen molar-refractivity contribution in [3.63, 3.8) is 0 Å². The van der Waals surface area contributed by atoms with Gasteiger partial charge in [-0.15, -0.1) is 0 Å². The van der Waals surface area contributed by atoms with E-state index in [4.69, 9.17) is 4.98 Å². The van der Waals surface area contributed by atoms with E-state index in [9.17, 15) is 0 Å². The fourth-order valence-corrected chi connectivity index (χ4v) is 2.56. The Labute approximate surface area is 118 Å². The third kappa shape index (κ3) is 2.01. The van der Waals surface area contributed by atoms with Gasteiger partial charge in [-0.25, -0.2) is 9.67 Å². The van der Waals surface area contributed by atoms with Gasteiger partial charge in [0.25, 0.3) is 0 Å². The summed E-state index contributed by atoms with van der Waals surface area (Å²) in [6.07, 6.45) is 0. The molecular weight excluding hydrogens is 248 g/mol. The van der Waals surface area contributed by atoms with E-state index < -0.39 is 0 Å². The molecule has 0 aliphatic carbocycles. The predicted octanol–water partition coefficient (Wildman–Crippen LogP) is 3.57. The minimum atomic E-state index is 0.253. The summed E-state index contributed by atoms with van der Waals surface area (Å²) in [5, 5.41) is 4.55. The van der Waals surface area contributed by atoms with Crippen molar-refractivity contribution in [3.8, 4) is 0 Å². The molecule has 4 heteroatoms. The summed E-state index contributed by atoms with van der Waals surface area (Å²) in [4.78, 5) is 8.21. The molecule has 104 valence electrons. The molecule has 4 nitrogen and oxygen atoms in total. The minimum absolute atomic E-state index is 0.253. The first-order valence-electron chi connectivity index (χ1n) is 7.05. The lowest BCUT2D eigenvalue weighted by Crippen LogP contribution is -2.00. The van der Waals surface area contributed by atoms with Crippen molar-refractivity contribution in [3.05, 3.63) is 47.4 Å². The van der Waals surface area contributed by atoms with Gasteiger partial charge in [-0.2, -0.15) is 5.10 Å². The topological polar surface area (TPSA) is 46.5 Å². The average Bonchev–Trinajstić information content (AvgIpc) is 3.00. The summed E-state index contributed by atoms with van der Waals surface area (Å²) >= 11 is 0. The van der Waals surface area contributed by atoms with Crippen molar-refractivity contribution in [2.45, 2.75) is 32.6 Å². The van der Waals surface area contributed by atoms with Gasteiger partial charge in [-0.1, -0.05) is 51.1 Å². The molecule has 1 aromatic carbocycles. The highest BCUT2D eigenvalue weighted by Crippen LogP contribution is 2.27. The minimum Gasteiger partial charge on any atom is -0.339 e. The monoisotopic (exact) mass is 268 g/mol. The molecule has 0 radical (unpaired) electrons. The number of nitrogens with one attached hydrogen (secondary N) is 1. The molecule has 2 aromatic heterocycles. The highest BCUT2D eigenvalue weighted by atomic mass is 15.3. The van der Waals surface area contributed by atoms with Crippen LogP contribution in [0.3, 0.4) is 0 Å². The lowest BCUT2D eigenvalue weighted by Gasteiger charge is -2.08. The van der Waals surface area contributed by atoms with E-state index in [2.05, 4.69) is 55.1 Å². The van der Waals surface area contributed by atoms with E-state index in [-0.39, 0.29) is 5.92 Å². The molecule has 1 N–H and O–H groups in total. The van der Waals surface area contributed by atoms with E-state index in [1.165, 1.54) is 5.56 Å². The molecule has 2 heterocycles. The van der Waals surface area contributed by atoms with E-state index >= 15 is 0 Å². The Balaban J connectivity index is 2.07. The second-order valence-corrected chi connectivity index (χ2v) is 5.62. The number of aryl methyl sites for hydroxylation is 1. The van der Waals surface area contributed by atoms with Crippen LogP contribution in [0.25, 0.3) is 11.2 Å². The maximum Gasteiger partial charge on any atom is 0.176 e. The van der Waals surface area contributed by atoms with Crippen molar-refractivity contribution in [1.82, 2.24) is 19.7 Å². The van der Waals surface area contributed by atoms with Gasteiger partial charge in [0.1, 0.15) is 11.3 Å². The predicted molar refractivity (Wildman–Crippen MR) is 80.9 cm³/mol. The molecule has 0 saturated heterocycles. The number of aromatic nitrogens is 4. The lowest BCUT2D eigenvalue weighted by atomic mass is 10.0. The number of H-pyrrole nitrogens is 1. The third-order valence-electron chi connectivity index (χ3n) is 3.78. The molecule has 0 aliphatic rings. The number of hydrogen-bond acceptors (Lipinski definition) is 2. The number of hydrogen-bond donors (Lipinski definition) is 1. The van der Waals surface area contributed by atoms with Crippen LogP contribution in [0.2, 0.25) is 0 Å². The molecule has 0 unspecified atom stereocenters. The summed E-state index contributed by atoms with van der Waals surface area (Å²) in [6, 6.07) is 10.4. The Morgan fingerprint density at radius 3 is 2.45 bits per heavy atom. The first-order chi connectivity index (χ1) is 9.58. The van der Waals surface area contributed by atoms with Crippen LogP contribution in [-0.2, 0) is 7.05 Å². The number of aromatic amines is 1. The Morgan fingerprint density at radius 1 is 1.10 bits per heavy atom. The maximum atomic E-state index is 4.74. The summed E-state index contributed by atoms with van der Waals surface area (Å²) in [7, 11) is 1.95. The van der Waals surface area contributed by atoms with Crippen LogP contribution in [0.4, 0.5) is 0 Å². The van der Waals surface area contributed by atoms with Crippen LogP contribution >= 0.6 is 0 Å². The summed E-state index contributed by atoms with van der Waals surface area (Å²) in [6.45, 7) is 6.49. The average molecular weight is 268 g/mol. The quantitative estimate of drug-likeness (QED) is 0.789. The summed E-state index contributed by atoms with van der Waals surface area (Å²) in [5.41, 5.74) is 4.36. The van der Waals surface area contributed by atoms with Crippen LogP contribution in [0, 0.1) is 0 Å². The number of fused-ring (bicyclic) bond motifs is 1. The SMILES string of the molecule is CC(C)c1nn(C)c2nc([C@H](C)c3ccccc3)[nH]c12. The summed E-state index contributed by atoms with van der Waals surface area (Å²) < 4.78 is 1.86. The van der Waals surface area contributed by atoms with Crippen molar-refractivity contribution < 1.29 is 0 Å². The maximum absolute atomic E-state index is 4.74. The number of nitrogens with zero attached hydrogens (tertiary/aromatic N) is 3. The number of benzene rings is 1. The highest BCUT2D eigenvalue weighted by Gasteiger charge is 2.19. The van der Waals surface area contributed by atoms with Crippen molar-refractivity contribution in [2.24, 2.45) is 7.05 Å². The van der Waals surface area contributed by atoms with Crippen LogP contribution in [-0.4, -0.2) is 19.7 Å². The van der Waals surface area contributed by atoms with Gasteiger partial charge >= 0.3 is 0 Å². The summed E-state index contributed by atoms with van der Waals surface area (Å²) in [5.74, 6) is 1.64. The fourth-order valence-electron chi connectivity index (χ4n) is 2.56. The molecule has 0 amide bonds. The van der Waals surface area contributed by atoms with Gasteiger partial charge in [-0.05, 0) is 11.5 Å². The second kappa shape index (κ2) is 4.78. The Morgan fingerprint density at radius 2 is 1.80 bits per heavy atom. The smallest absolute Gasteiger partial charge is 0.176 e. The fraction of sp³-hybridized carbons (Fsp3) is 0.375. The van der Waals surface area contributed by atoms with Gasteiger partial charge < -0.3 is 4.98 Å². The molecule has 1 atom stereocenters.